The Kier molecular flexibility index (Phi) is 1.48. The second-order valence-corrected chi connectivity index (χ2v) is 1.54. The predicted octanol–water partition coefficient (Wildman–Crippen LogP) is -1.38. The SMILES string of the molecule is O=[N+](O)NC1=NCCN1. The van der Waals surface area contributed by atoms with Gasteiger partial charge in [-0.05, 0) is 5.43 Å². The Morgan fingerprint density at radius 2 is 2.67 bits per heavy atom. The van der Waals surface area contributed by atoms with Gasteiger partial charge in [0.25, 0.3) is 5.96 Å². The maximum Gasteiger partial charge on any atom is 0.362 e. The lowest BCUT2D eigenvalue weighted by Crippen LogP contribution is -2.38. The molecule has 1 rings (SSSR count). The molecule has 0 aliphatic carbocycles. The van der Waals surface area contributed by atoms with Gasteiger partial charge in [-0.25, -0.2) is 10.2 Å². The molecule has 6 heteroatoms. The number of nitrogens with zero attached hydrogens (tertiary/aromatic N) is 2. The fourth-order valence-electron chi connectivity index (χ4n) is 0.563. The summed E-state index contributed by atoms with van der Waals surface area (Å²) in [5, 5.41) is 10.4. The van der Waals surface area contributed by atoms with Gasteiger partial charge in [-0.15, -0.1) is 0 Å². The minimum Gasteiger partial charge on any atom is -0.350 e. The Morgan fingerprint density at radius 1 is 1.89 bits per heavy atom. The van der Waals surface area contributed by atoms with Crippen LogP contribution in [0.1, 0.15) is 0 Å². The van der Waals surface area contributed by atoms with Crippen molar-refractivity contribution in [2.75, 3.05) is 13.1 Å². The molecule has 0 amide bonds. The first kappa shape index (κ1) is 5.80. The number of aliphatic imine (C=N–C) groups is 1. The second-order valence-electron chi connectivity index (χ2n) is 1.54. The van der Waals surface area contributed by atoms with Crippen molar-refractivity contribution in [3.63, 3.8) is 0 Å². The third-order valence-corrected chi connectivity index (χ3v) is 0.876. The van der Waals surface area contributed by atoms with E-state index in [1.165, 1.54) is 0 Å². The highest BCUT2D eigenvalue weighted by Crippen LogP contribution is 1.78. The highest BCUT2D eigenvalue weighted by atomic mass is 16.7. The van der Waals surface area contributed by atoms with Crippen molar-refractivity contribution in [2.24, 2.45) is 4.99 Å². The summed E-state index contributed by atoms with van der Waals surface area (Å²) in [6.07, 6.45) is 0. The number of guanidine groups is 1. The van der Waals surface area contributed by atoms with Crippen LogP contribution in [0.5, 0.6) is 0 Å². The summed E-state index contributed by atoms with van der Waals surface area (Å²) in [6, 6.07) is 0. The van der Waals surface area contributed by atoms with Crippen molar-refractivity contribution >= 4 is 5.96 Å². The van der Waals surface area contributed by atoms with Crippen LogP contribution in [-0.2, 0) is 0 Å². The number of hydrogen-bond acceptors (Lipinski definition) is 3. The molecule has 0 unspecified atom stereocenters. The van der Waals surface area contributed by atoms with Crippen LogP contribution in [0.4, 0.5) is 0 Å². The minimum atomic E-state index is -0.392. The fourth-order valence-corrected chi connectivity index (χ4v) is 0.563. The van der Waals surface area contributed by atoms with Gasteiger partial charge < -0.3 is 5.32 Å². The summed E-state index contributed by atoms with van der Waals surface area (Å²) in [4.78, 5) is 13.6. The number of rotatable bonds is 1. The van der Waals surface area contributed by atoms with Gasteiger partial charge >= 0.3 is 5.03 Å². The highest BCUT2D eigenvalue weighted by Gasteiger charge is 2.11. The molecule has 6 nitrogen and oxygen atoms in total. The van der Waals surface area contributed by atoms with Gasteiger partial charge in [-0.3, -0.25) is 0 Å². The summed E-state index contributed by atoms with van der Waals surface area (Å²) >= 11 is 0. The molecule has 0 aromatic heterocycles. The van der Waals surface area contributed by atoms with Gasteiger partial charge in [0.05, 0.1) is 6.54 Å². The van der Waals surface area contributed by atoms with E-state index in [0.29, 0.717) is 19.0 Å². The largest absolute Gasteiger partial charge is 0.362 e. The molecule has 0 bridgehead atoms. The Labute approximate surface area is 51.1 Å². The van der Waals surface area contributed by atoms with Crippen LogP contribution in [0.25, 0.3) is 0 Å². The molecule has 1 heterocycles. The molecule has 0 atom stereocenters. The Balaban J connectivity index is 2.35. The van der Waals surface area contributed by atoms with Crippen LogP contribution in [0.15, 0.2) is 4.99 Å². The molecule has 50 valence electrons. The van der Waals surface area contributed by atoms with Gasteiger partial charge in [-0.2, -0.15) is 0 Å². The standard InChI is InChI=1S/C3H7N4O2/c8-7(9)6-3-4-1-2-5-3/h1-2H2,(H,8,9)(H2,4,5,6)/q+1. The summed E-state index contributed by atoms with van der Waals surface area (Å²) in [5.41, 5.74) is 2.01. The smallest absolute Gasteiger partial charge is 0.350 e. The average Bonchev–Trinajstić information content (AvgIpc) is 2.15. The number of hydrazine groups is 1. The Hall–Kier alpha value is -1.33. The average molecular weight is 131 g/mol. The van der Waals surface area contributed by atoms with Crippen LogP contribution in [0, 0.1) is 4.91 Å². The normalized spacial score (nSPS) is 16.2. The highest BCUT2D eigenvalue weighted by molar-refractivity contribution is 5.79. The van der Waals surface area contributed by atoms with Crippen LogP contribution in [-0.4, -0.2) is 29.3 Å². The first-order valence-electron chi connectivity index (χ1n) is 2.50. The van der Waals surface area contributed by atoms with Gasteiger partial charge in [0.15, 0.2) is 0 Å². The minimum absolute atomic E-state index is 0.313. The van der Waals surface area contributed by atoms with Crippen molar-refractivity contribution in [3.05, 3.63) is 4.91 Å². The predicted molar refractivity (Wildman–Crippen MR) is 28.9 cm³/mol. The first-order valence-corrected chi connectivity index (χ1v) is 2.50. The zero-order valence-electron chi connectivity index (χ0n) is 4.66. The Morgan fingerprint density at radius 3 is 3.11 bits per heavy atom. The van der Waals surface area contributed by atoms with E-state index in [1.54, 1.807) is 0 Å². The summed E-state index contributed by atoms with van der Waals surface area (Å²) < 4.78 is 0. The molecule has 0 spiro atoms. The van der Waals surface area contributed by atoms with Gasteiger partial charge in [0.2, 0.25) is 0 Å². The molecule has 0 fully saturated rings. The van der Waals surface area contributed by atoms with E-state index < -0.39 is 5.03 Å². The van der Waals surface area contributed by atoms with Crippen LogP contribution in [0.3, 0.4) is 0 Å². The lowest BCUT2D eigenvalue weighted by molar-refractivity contribution is -0.822. The van der Waals surface area contributed by atoms with Crippen LogP contribution >= 0.6 is 0 Å². The van der Waals surface area contributed by atoms with E-state index in [1.807, 2.05) is 5.43 Å². The van der Waals surface area contributed by atoms with Crippen molar-refractivity contribution in [1.82, 2.24) is 10.7 Å². The molecule has 0 aromatic carbocycles. The topological polar surface area (TPSA) is 76.7 Å². The monoisotopic (exact) mass is 131 g/mol. The van der Waals surface area contributed by atoms with E-state index in [4.69, 9.17) is 5.21 Å². The van der Waals surface area contributed by atoms with E-state index >= 15 is 0 Å². The van der Waals surface area contributed by atoms with E-state index in [2.05, 4.69) is 10.3 Å². The number of hydrogen-bond donors (Lipinski definition) is 3. The maximum absolute atomic E-state index is 9.84. The first-order chi connectivity index (χ1) is 4.29. The lowest BCUT2D eigenvalue weighted by atomic mass is 10.7. The second kappa shape index (κ2) is 2.29. The van der Waals surface area contributed by atoms with Gasteiger partial charge in [0, 0.05) is 6.54 Å². The quantitative estimate of drug-likeness (QED) is 0.383. The lowest BCUT2D eigenvalue weighted by Gasteiger charge is -1.89. The summed E-state index contributed by atoms with van der Waals surface area (Å²) in [6.45, 7) is 1.34. The molecule has 0 aromatic rings. The molecule has 0 saturated carbocycles. The van der Waals surface area contributed by atoms with Crippen molar-refractivity contribution in [2.45, 2.75) is 0 Å². The molecular formula is C3H7N4O2+. The zero-order valence-corrected chi connectivity index (χ0v) is 4.66. The van der Waals surface area contributed by atoms with E-state index in [-0.39, 0.29) is 0 Å². The Bertz CT molecular complexity index is 154. The fraction of sp³-hybridized carbons (Fsp3) is 0.667. The van der Waals surface area contributed by atoms with Gasteiger partial charge in [-0.1, -0.05) is 0 Å². The third-order valence-electron chi connectivity index (χ3n) is 0.876. The molecule has 1 aliphatic heterocycles. The van der Waals surface area contributed by atoms with Crippen molar-refractivity contribution in [3.8, 4) is 0 Å². The third kappa shape index (κ3) is 1.56. The maximum atomic E-state index is 9.84. The molecule has 1 aliphatic rings. The zero-order chi connectivity index (χ0) is 6.69. The molecule has 0 radical (unpaired) electrons. The molecule has 0 saturated heterocycles. The number of nitrogens with one attached hydrogen (secondary N) is 2. The van der Waals surface area contributed by atoms with Crippen LogP contribution < -0.4 is 10.7 Å². The molecule has 9 heavy (non-hydrogen) atoms. The van der Waals surface area contributed by atoms with Gasteiger partial charge in [0.1, 0.15) is 4.91 Å². The van der Waals surface area contributed by atoms with Crippen molar-refractivity contribution in [1.29, 1.82) is 0 Å². The van der Waals surface area contributed by atoms with E-state index in [0.717, 1.165) is 0 Å². The summed E-state index contributed by atoms with van der Waals surface area (Å²) in [7, 11) is 0. The summed E-state index contributed by atoms with van der Waals surface area (Å²) in [5.74, 6) is 0.313. The molecule has 3 N–H and O–H groups in total. The van der Waals surface area contributed by atoms with E-state index in [9.17, 15) is 4.91 Å². The van der Waals surface area contributed by atoms with Crippen LogP contribution in [0.2, 0.25) is 0 Å². The molecular weight excluding hydrogens is 124 g/mol. The van der Waals surface area contributed by atoms with Crippen molar-refractivity contribution < 1.29 is 10.2 Å².